The zero-order chi connectivity index (χ0) is 16.6. The molecule has 2 N–H and O–H groups in total. The summed E-state index contributed by atoms with van der Waals surface area (Å²) in [5, 5.41) is 5.55. The van der Waals surface area contributed by atoms with Crippen molar-refractivity contribution in [3.8, 4) is 0 Å². The van der Waals surface area contributed by atoms with E-state index in [4.69, 9.17) is 5.73 Å². The lowest BCUT2D eigenvalue weighted by molar-refractivity contribution is 0.1000. The number of nitrogens with two attached hydrogens (primary N) is 1. The number of carbonyl (C=O) groups is 1. The molecule has 2 heterocycles. The van der Waals surface area contributed by atoms with Crippen molar-refractivity contribution in [2.45, 2.75) is 33.7 Å². The lowest BCUT2D eigenvalue weighted by Crippen LogP contribution is -2.11. The second kappa shape index (κ2) is 5.83. The van der Waals surface area contributed by atoms with E-state index in [1.807, 2.05) is 11.6 Å². The van der Waals surface area contributed by atoms with E-state index in [1.165, 1.54) is 22.9 Å². The van der Waals surface area contributed by atoms with Gasteiger partial charge in [-0.25, -0.2) is 9.67 Å². The van der Waals surface area contributed by atoms with Gasteiger partial charge < -0.3 is 5.73 Å². The van der Waals surface area contributed by atoms with Gasteiger partial charge in [0, 0.05) is 24.5 Å². The van der Waals surface area contributed by atoms with Crippen LogP contribution >= 0.6 is 0 Å². The van der Waals surface area contributed by atoms with Crippen LogP contribution in [0.5, 0.6) is 0 Å². The van der Waals surface area contributed by atoms with Crippen LogP contribution in [-0.4, -0.2) is 20.7 Å². The Hall–Kier alpha value is -2.69. The zero-order valence-electron chi connectivity index (χ0n) is 13.6. The van der Waals surface area contributed by atoms with Gasteiger partial charge in [0.15, 0.2) is 5.65 Å². The molecular formula is C18H20N4O. The van der Waals surface area contributed by atoms with Crippen molar-refractivity contribution >= 4 is 16.9 Å². The van der Waals surface area contributed by atoms with Gasteiger partial charge in [-0.2, -0.15) is 5.10 Å². The number of aryl methyl sites for hydroxylation is 3. The molecule has 0 aliphatic heterocycles. The van der Waals surface area contributed by atoms with Gasteiger partial charge in [0.2, 0.25) is 5.91 Å². The summed E-state index contributed by atoms with van der Waals surface area (Å²) in [5.41, 5.74) is 11.2. The first-order valence-corrected chi connectivity index (χ1v) is 7.71. The van der Waals surface area contributed by atoms with Crippen LogP contribution < -0.4 is 5.73 Å². The molecule has 0 atom stereocenters. The fraction of sp³-hybridized carbons (Fsp3) is 0.278. The maximum Gasteiger partial charge on any atom is 0.250 e. The van der Waals surface area contributed by atoms with Crippen LogP contribution in [0.4, 0.5) is 0 Å². The van der Waals surface area contributed by atoms with Gasteiger partial charge in [-0.3, -0.25) is 4.79 Å². The zero-order valence-corrected chi connectivity index (χ0v) is 13.6. The van der Waals surface area contributed by atoms with Crippen LogP contribution in [0.3, 0.4) is 0 Å². The van der Waals surface area contributed by atoms with Gasteiger partial charge in [-0.1, -0.05) is 18.2 Å². The number of carbonyl (C=O) groups excluding carboxylic acids is 1. The fourth-order valence-electron chi connectivity index (χ4n) is 2.72. The van der Waals surface area contributed by atoms with Crippen molar-refractivity contribution < 1.29 is 4.79 Å². The van der Waals surface area contributed by atoms with Crippen molar-refractivity contribution in [2.75, 3.05) is 0 Å². The Morgan fingerprint density at radius 2 is 2.00 bits per heavy atom. The molecule has 0 unspecified atom stereocenters. The Morgan fingerprint density at radius 1 is 1.22 bits per heavy atom. The smallest absolute Gasteiger partial charge is 0.250 e. The number of benzene rings is 1. The minimum atomic E-state index is -0.472. The van der Waals surface area contributed by atoms with Crippen molar-refractivity contribution in [3.05, 3.63) is 58.4 Å². The Labute approximate surface area is 135 Å². The monoisotopic (exact) mass is 308 g/mol. The van der Waals surface area contributed by atoms with E-state index < -0.39 is 5.91 Å². The molecule has 5 nitrogen and oxygen atoms in total. The molecule has 2 aromatic heterocycles. The maximum absolute atomic E-state index is 11.4. The highest BCUT2D eigenvalue weighted by atomic mass is 16.1. The van der Waals surface area contributed by atoms with Crippen LogP contribution in [0, 0.1) is 13.8 Å². The lowest BCUT2D eigenvalue weighted by Gasteiger charge is -2.04. The summed E-state index contributed by atoms with van der Waals surface area (Å²) in [6.45, 7) is 6.96. The van der Waals surface area contributed by atoms with Crippen molar-refractivity contribution in [1.82, 2.24) is 14.8 Å². The summed E-state index contributed by atoms with van der Waals surface area (Å²) < 4.78 is 1.86. The number of amides is 1. The third kappa shape index (κ3) is 2.82. The van der Waals surface area contributed by atoms with E-state index in [9.17, 15) is 4.79 Å². The number of hydrogen-bond donors (Lipinski definition) is 1. The van der Waals surface area contributed by atoms with E-state index in [0.717, 1.165) is 23.3 Å². The van der Waals surface area contributed by atoms with Gasteiger partial charge in [0.25, 0.3) is 0 Å². The molecule has 0 saturated carbocycles. The van der Waals surface area contributed by atoms with Crippen molar-refractivity contribution in [1.29, 1.82) is 0 Å². The molecule has 0 saturated heterocycles. The third-order valence-corrected chi connectivity index (χ3v) is 4.19. The molecule has 1 aromatic carbocycles. The van der Waals surface area contributed by atoms with E-state index in [1.54, 1.807) is 6.07 Å². The number of fused-ring (bicyclic) bond motifs is 1. The van der Waals surface area contributed by atoms with E-state index >= 15 is 0 Å². The standard InChI is InChI=1S/C18H20N4O/c1-4-22-18-15(9-14(10-20-18)17(19)23)16(21-22)8-13-6-5-11(2)12(3)7-13/h5-7,9-10H,4,8H2,1-3H3,(H2,19,23). The second-order valence-electron chi connectivity index (χ2n) is 5.82. The highest BCUT2D eigenvalue weighted by Gasteiger charge is 2.14. The Morgan fingerprint density at radius 3 is 2.65 bits per heavy atom. The minimum absolute atomic E-state index is 0.412. The minimum Gasteiger partial charge on any atom is -0.366 e. The summed E-state index contributed by atoms with van der Waals surface area (Å²) in [7, 11) is 0. The molecule has 3 aromatic rings. The largest absolute Gasteiger partial charge is 0.366 e. The Balaban J connectivity index is 2.09. The van der Waals surface area contributed by atoms with E-state index in [2.05, 4.69) is 42.1 Å². The quantitative estimate of drug-likeness (QED) is 0.805. The predicted molar refractivity (Wildman–Crippen MR) is 90.4 cm³/mol. The van der Waals surface area contributed by atoms with E-state index in [0.29, 0.717) is 12.0 Å². The fourth-order valence-corrected chi connectivity index (χ4v) is 2.72. The molecule has 1 amide bonds. The summed E-state index contributed by atoms with van der Waals surface area (Å²) in [5.74, 6) is -0.472. The molecule has 5 heteroatoms. The van der Waals surface area contributed by atoms with Crippen LogP contribution in [0.1, 0.15) is 39.7 Å². The van der Waals surface area contributed by atoms with E-state index in [-0.39, 0.29) is 0 Å². The van der Waals surface area contributed by atoms with Gasteiger partial charge in [0.05, 0.1) is 11.3 Å². The molecule has 0 spiro atoms. The van der Waals surface area contributed by atoms with Crippen LogP contribution in [-0.2, 0) is 13.0 Å². The van der Waals surface area contributed by atoms with Gasteiger partial charge in [0.1, 0.15) is 0 Å². The van der Waals surface area contributed by atoms with Crippen molar-refractivity contribution in [2.24, 2.45) is 5.73 Å². The molecule has 118 valence electrons. The van der Waals surface area contributed by atoms with Gasteiger partial charge in [-0.05, 0) is 43.5 Å². The van der Waals surface area contributed by atoms with Crippen molar-refractivity contribution in [3.63, 3.8) is 0 Å². The number of primary amides is 1. The average molecular weight is 308 g/mol. The molecule has 0 fully saturated rings. The number of pyridine rings is 1. The van der Waals surface area contributed by atoms with Gasteiger partial charge >= 0.3 is 0 Å². The Bertz CT molecular complexity index is 895. The summed E-state index contributed by atoms with van der Waals surface area (Å²) in [4.78, 5) is 15.8. The first-order chi connectivity index (χ1) is 11.0. The van der Waals surface area contributed by atoms with Crippen LogP contribution in [0.2, 0.25) is 0 Å². The van der Waals surface area contributed by atoms with Crippen LogP contribution in [0.15, 0.2) is 30.5 Å². The highest BCUT2D eigenvalue weighted by molar-refractivity contribution is 5.96. The topological polar surface area (TPSA) is 73.8 Å². The predicted octanol–water partition coefficient (Wildman–Crippen LogP) is 2.76. The molecule has 0 aliphatic carbocycles. The molecular weight excluding hydrogens is 288 g/mol. The molecule has 23 heavy (non-hydrogen) atoms. The molecule has 0 radical (unpaired) electrons. The van der Waals surface area contributed by atoms with Gasteiger partial charge in [-0.15, -0.1) is 0 Å². The third-order valence-electron chi connectivity index (χ3n) is 4.19. The summed E-state index contributed by atoms with van der Waals surface area (Å²) in [6, 6.07) is 8.21. The maximum atomic E-state index is 11.4. The number of hydrogen-bond acceptors (Lipinski definition) is 3. The first kappa shape index (κ1) is 15.2. The Kier molecular flexibility index (Phi) is 3.86. The number of nitrogens with zero attached hydrogens (tertiary/aromatic N) is 3. The molecule has 3 rings (SSSR count). The summed E-state index contributed by atoms with van der Waals surface area (Å²) >= 11 is 0. The SMILES string of the molecule is CCn1nc(Cc2ccc(C)c(C)c2)c2cc(C(N)=O)cnc21. The second-order valence-corrected chi connectivity index (χ2v) is 5.82. The normalized spacial score (nSPS) is 11.1. The number of rotatable bonds is 4. The molecule has 0 bridgehead atoms. The molecule has 0 aliphatic rings. The number of aromatic nitrogens is 3. The summed E-state index contributed by atoms with van der Waals surface area (Å²) in [6.07, 6.45) is 2.22. The average Bonchev–Trinajstić information content (AvgIpc) is 2.88. The van der Waals surface area contributed by atoms with Crippen LogP contribution in [0.25, 0.3) is 11.0 Å². The lowest BCUT2D eigenvalue weighted by atomic mass is 10.0. The first-order valence-electron chi connectivity index (χ1n) is 7.71. The highest BCUT2D eigenvalue weighted by Crippen LogP contribution is 2.22.